The lowest BCUT2D eigenvalue weighted by atomic mass is 10.2. The number of para-hydroxylation sites is 1. The summed E-state index contributed by atoms with van der Waals surface area (Å²) in [4.78, 5) is 14.0. The number of ether oxygens (including phenoxy) is 1. The fraction of sp³-hybridized carbons (Fsp3) is 0.222. The van der Waals surface area contributed by atoms with Gasteiger partial charge in [-0.1, -0.05) is 40.2 Å². The molecule has 1 amide bonds. The lowest BCUT2D eigenvalue weighted by Crippen LogP contribution is -2.37. The van der Waals surface area contributed by atoms with Crippen molar-refractivity contribution in [3.63, 3.8) is 0 Å². The predicted molar refractivity (Wildman–Crippen MR) is 91.9 cm³/mol. The van der Waals surface area contributed by atoms with Crippen molar-refractivity contribution in [1.82, 2.24) is 4.90 Å². The number of likely N-dealkylation sites (N-methyl/N-ethyl adjacent to an activating group) is 1. The summed E-state index contributed by atoms with van der Waals surface area (Å²) in [5, 5.41) is 9.07. The van der Waals surface area contributed by atoms with E-state index in [0.717, 1.165) is 10.0 Å². The monoisotopic (exact) mass is 372 g/mol. The second-order valence-electron chi connectivity index (χ2n) is 5.19. The van der Waals surface area contributed by atoms with Gasteiger partial charge in [0.1, 0.15) is 11.8 Å². The largest absolute Gasteiger partial charge is 0.480 e. The minimum absolute atomic E-state index is 0.138. The summed E-state index contributed by atoms with van der Waals surface area (Å²) < 4.78 is 6.65. The van der Waals surface area contributed by atoms with Gasteiger partial charge in [-0.2, -0.15) is 5.26 Å². The van der Waals surface area contributed by atoms with Gasteiger partial charge in [-0.05, 0) is 36.8 Å². The molecule has 5 heteroatoms. The first-order chi connectivity index (χ1) is 11.0. The maximum atomic E-state index is 12.4. The molecule has 118 valence electrons. The van der Waals surface area contributed by atoms with Gasteiger partial charge in [0.15, 0.2) is 6.10 Å². The highest BCUT2D eigenvalue weighted by Crippen LogP contribution is 2.19. The van der Waals surface area contributed by atoms with Crippen LogP contribution < -0.4 is 4.74 Å². The van der Waals surface area contributed by atoms with Crippen LogP contribution in [0.5, 0.6) is 5.75 Å². The van der Waals surface area contributed by atoms with E-state index in [9.17, 15) is 4.79 Å². The molecule has 1 unspecified atom stereocenters. The fourth-order valence-corrected chi connectivity index (χ4v) is 2.42. The number of hydrogen-bond donors (Lipinski definition) is 0. The molecule has 0 spiro atoms. The summed E-state index contributed by atoms with van der Waals surface area (Å²) in [5.41, 5.74) is 1.45. The van der Waals surface area contributed by atoms with E-state index in [1.165, 1.54) is 0 Å². The normalized spacial score (nSPS) is 11.4. The molecule has 0 saturated carbocycles. The Morgan fingerprint density at radius 1 is 1.26 bits per heavy atom. The van der Waals surface area contributed by atoms with Gasteiger partial charge in [-0.15, -0.1) is 0 Å². The van der Waals surface area contributed by atoms with Crippen LogP contribution in [0.3, 0.4) is 0 Å². The number of hydrogen-bond acceptors (Lipinski definition) is 3. The lowest BCUT2D eigenvalue weighted by molar-refractivity contribution is -0.137. The first kappa shape index (κ1) is 17.0. The third-order valence-corrected chi connectivity index (χ3v) is 3.90. The average Bonchev–Trinajstić information content (AvgIpc) is 2.56. The molecule has 0 aliphatic carbocycles. The summed E-state index contributed by atoms with van der Waals surface area (Å²) in [7, 11) is 1.74. The minimum atomic E-state index is -0.662. The van der Waals surface area contributed by atoms with E-state index in [0.29, 0.717) is 17.9 Å². The van der Waals surface area contributed by atoms with Crippen LogP contribution in [0, 0.1) is 11.3 Å². The van der Waals surface area contributed by atoms with Crippen LogP contribution >= 0.6 is 15.9 Å². The molecular formula is C18H17BrN2O2. The molecule has 0 N–H and O–H groups in total. The highest BCUT2D eigenvalue weighted by molar-refractivity contribution is 9.10. The van der Waals surface area contributed by atoms with Gasteiger partial charge in [-0.3, -0.25) is 4.79 Å². The number of amides is 1. The Labute approximate surface area is 144 Å². The smallest absolute Gasteiger partial charge is 0.263 e. The Hall–Kier alpha value is -2.32. The SMILES string of the molecule is CC(Oc1ccccc1C#N)C(=O)N(C)Cc1ccc(Br)cc1. The third-order valence-electron chi connectivity index (χ3n) is 3.37. The second kappa shape index (κ2) is 7.80. The molecule has 4 nitrogen and oxygen atoms in total. The van der Waals surface area contributed by atoms with E-state index in [1.54, 1.807) is 43.1 Å². The standard InChI is InChI=1S/C18H17BrN2O2/c1-13(23-17-6-4-3-5-15(17)11-20)18(22)21(2)12-14-7-9-16(19)10-8-14/h3-10,13H,12H2,1-2H3. The van der Waals surface area contributed by atoms with E-state index >= 15 is 0 Å². The van der Waals surface area contributed by atoms with Gasteiger partial charge in [0.25, 0.3) is 5.91 Å². The van der Waals surface area contributed by atoms with E-state index in [4.69, 9.17) is 10.00 Å². The molecule has 23 heavy (non-hydrogen) atoms. The average molecular weight is 373 g/mol. The van der Waals surface area contributed by atoms with Crippen LogP contribution in [0.15, 0.2) is 53.0 Å². The summed E-state index contributed by atoms with van der Waals surface area (Å²) in [5.74, 6) is 0.286. The number of carbonyl (C=O) groups is 1. The van der Waals surface area contributed by atoms with Gasteiger partial charge in [0.2, 0.25) is 0 Å². The third kappa shape index (κ3) is 4.57. The Morgan fingerprint density at radius 3 is 2.57 bits per heavy atom. The highest BCUT2D eigenvalue weighted by atomic mass is 79.9. The van der Waals surface area contributed by atoms with Gasteiger partial charge < -0.3 is 9.64 Å². The van der Waals surface area contributed by atoms with Crippen molar-refractivity contribution >= 4 is 21.8 Å². The van der Waals surface area contributed by atoms with Crippen molar-refractivity contribution in [3.8, 4) is 11.8 Å². The first-order valence-electron chi connectivity index (χ1n) is 7.16. The summed E-state index contributed by atoms with van der Waals surface area (Å²) >= 11 is 3.39. The minimum Gasteiger partial charge on any atom is -0.480 e. The molecule has 0 aliphatic rings. The highest BCUT2D eigenvalue weighted by Gasteiger charge is 2.20. The molecule has 2 aromatic carbocycles. The molecule has 1 atom stereocenters. The van der Waals surface area contributed by atoms with Crippen molar-refractivity contribution in [3.05, 3.63) is 64.1 Å². The molecule has 0 fully saturated rings. The number of halogens is 1. The van der Waals surface area contributed by atoms with Gasteiger partial charge in [-0.25, -0.2) is 0 Å². The van der Waals surface area contributed by atoms with Crippen LogP contribution in [0.2, 0.25) is 0 Å². The van der Waals surface area contributed by atoms with Crippen LogP contribution in [-0.2, 0) is 11.3 Å². The molecule has 0 bridgehead atoms. The number of nitriles is 1. The molecule has 0 radical (unpaired) electrons. The van der Waals surface area contributed by atoms with E-state index in [2.05, 4.69) is 22.0 Å². The maximum absolute atomic E-state index is 12.4. The van der Waals surface area contributed by atoms with Crippen LogP contribution in [0.1, 0.15) is 18.1 Å². The van der Waals surface area contributed by atoms with Crippen molar-refractivity contribution < 1.29 is 9.53 Å². The molecule has 2 rings (SSSR count). The lowest BCUT2D eigenvalue weighted by Gasteiger charge is -2.22. The zero-order valence-corrected chi connectivity index (χ0v) is 14.6. The van der Waals surface area contributed by atoms with E-state index in [-0.39, 0.29) is 5.91 Å². The fourth-order valence-electron chi connectivity index (χ4n) is 2.15. The van der Waals surface area contributed by atoms with Gasteiger partial charge in [0, 0.05) is 18.1 Å². The van der Waals surface area contributed by atoms with Crippen molar-refractivity contribution in [2.75, 3.05) is 7.05 Å². The molecule has 0 heterocycles. The number of nitrogens with zero attached hydrogens (tertiary/aromatic N) is 2. The zero-order valence-electron chi connectivity index (χ0n) is 13.0. The maximum Gasteiger partial charge on any atom is 0.263 e. The Balaban J connectivity index is 2.01. The van der Waals surface area contributed by atoms with Gasteiger partial charge >= 0.3 is 0 Å². The zero-order chi connectivity index (χ0) is 16.8. The topological polar surface area (TPSA) is 53.3 Å². The Kier molecular flexibility index (Phi) is 5.78. The molecular weight excluding hydrogens is 356 g/mol. The van der Waals surface area contributed by atoms with Crippen LogP contribution in [0.25, 0.3) is 0 Å². The summed E-state index contributed by atoms with van der Waals surface area (Å²) in [6, 6.07) is 16.8. The van der Waals surface area contributed by atoms with Crippen LogP contribution in [-0.4, -0.2) is 24.0 Å². The quantitative estimate of drug-likeness (QED) is 0.802. The predicted octanol–water partition coefficient (Wildman–Crippen LogP) is 3.75. The van der Waals surface area contributed by atoms with Crippen molar-refractivity contribution in [2.45, 2.75) is 19.6 Å². The number of rotatable bonds is 5. The first-order valence-corrected chi connectivity index (χ1v) is 7.95. The Bertz CT molecular complexity index is 723. The Morgan fingerprint density at radius 2 is 1.91 bits per heavy atom. The van der Waals surface area contributed by atoms with Gasteiger partial charge in [0.05, 0.1) is 5.56 Å². The molecule has 0 aromatic heterocycles. The molecule has 0 saturated heterocycles. The molecule has 2 aromatic rings. The number of carbonyl (C=O) groups excluding carboxylic acids is 1. The van der Waals surface area contributed by atoms with Crippen LogP contribution in [0.4, 0.5) is 0 Å². The van der Waals surface area contributed by atoms with E-state index in [1.807, 2.05) is 24.3 Å². The van der Waals surface area contributed by atoms with Crippen molar-refractivity contribution in [1.29, 1.82) is 5.26 Å². The number of benzene rings is 2. The van der Waals surface area contributed by atoms with E-state index < -0.39 is 6.10 Å². The van der Waals surface area contributed by atoms with Crippen molar-refractivity contribution in [2.24, 2.45) is 0 Å². The molecule has 0 aliphatic heterocycles. The summed E-state index contributed by atoms with van der Waals surface area (Å²) in [6.07, 6.45) is -0.662. The second-order valence-corrected chi connectivity index (χ2v) is 6.10. The summed E-state index contributed by atoms with van der Waals surface area (Å²) in [6.45, 7) is 2.19.